The number of benzene rings is 4. The second kappa shape index (κ2) is 10.2. The van der Waals surface area contributed by atoms with E-state index in [4.69, 9.17) is 0 Å². The molecule has 0 atom stereocenters. The molecule has 0 aliphatic carbocycles. The molecule has 0 radical (unpaired) electrons. The Hall–Kier alpha value is -3.76. The number of rotatable bonds is 8. The lowest BCUT2D eigenvalue weighted by Gasteiger charge is -2.31. The molecule has 0 bridgehead atoms. The maximum Gasteiger partial charge on any atom is 0.140 e. The molecule has 4 rings (SSSR count). The summed E-state index contributed by atoms with van der Waals surface area (Å²) in [5.74, 6) is 0. The molecular formula is C31H35N3O. The van der Waals surface area contributed by atoms with Gasteiger partial charge in [0, 0.05) is 58.8 Å². The maximum atomic E-state index is 12.3. The van der Waals surface area contributed by atoms with Gasteiger partial charge < -0.3 is 19.8 Å². The highest BCUT2D eigenvalue weighted by Gasteiger charge is 2.34. The van der Waals surface area contributed by atoms with Crippen molar-refractivity contribution >= 4 is 17.1 Å². The number of hydrogen-bond donors (Lipinski definition) is 1. The van der Waals surface area contributed by atoms with Gasteiger partial charge in [0.15, 0.2) is 0 Å². The van der Waals surface area contributed by atoms with E-state index in [1.807, 2.05) is 70.7 Å². The van der Waals surface area contributed by atoms with Gasteiger partial charge in [-0.1, -0.05) is 66.7 Å². The van der Waals surface area contributed by atoms with E-state index < -0.39 is 5.60 Å². The molecule has 0 aliphatic rings. The minimum atomic E-state index is -1.27. The Morgan fingerprint density at radius 2 is 0.886 bits per heavy atom. The molecule has 4 nitrogen and oxygen atoms in total. The predicted molar refractivity (Wildman–Crippen MR) is 149 cm³/mol. The van der Waals surface area contributed by atoms with Gasteiger partial charge in [-0.05, 0) is 58.7 Å². The van der Waals surface area contributed by atoms with Gasteiger partial charge in [-0.25, -0.2) is 0 Å². The summed E-state index contributed by atoms with van der Waals surface area (Å²) in [7, 11) is 10.2. The molecule has 0 aromatic heterocycles. The number of anilines is 3. The molecule has 35 heavy (non-hydrogen) atoms. The SMILES string of the molecule is CN(C)c1ccc(C(O)(c2ccc(N(C)C)cc2)c2ccc(N(C)Cc3ccccc3)cc2)cc1. The summed E-state index contributed by atoms with van der Waals surface area (Å²) in [5, 5.41) is 12.3. The molecule has 0 spiro atoms. The van der Waals surface area contributed by atoms with Crippen molar-refractivity contribution in [3.8, 4) is 0 Å². The van der Waals surface area contributed by atoms with Crippen molar-refractivity contribution in [2.45, 2.75) is 12.1 Å². The first-order valence-corrected chi connectivity index (χ1v) is 11.9. The first kappa shape index (κ1) is 24.4. The van der Waals surface area contributed by atoms with Crippen LogP contribution in [-0.4, -0.2) is 40.3 Å². The van der Waals surface area contributed by atoms with E-state index >= 15 is 0 Å². The van der Waals surface area contributed by atoms with Gasteiger partial charge in [0.2, 0.25) is 0 Å². The Labute approximate surface area is 209 Å². The molecule has 1 N–H and O–H groups in total. The largest absolute Gasteiger partial charge is 0.378 e. The van der Waals surface area contributed by atoms with Crippen molar-refractivity contribution in [2.24, 2.45) is 0 Å². The predicted octanol–water partition coefficient (Wildman–Crippen LogP) is 5.74. The van der Waals surface area contributed by atoms with Crippen LogP contribution in [0.15, 0.2) is 103 Å². The highest BCUT2D eigenvalue weighted by molar-refractivity contribution is 5.57. The fourth-order valence-electron chi connectivity index (χ4n) is 4.41. The lowest BCUT2D eigenvalue weighted by molar-refractivity contribution is 0.126. The van der Waals surface area contributed by atoms with Crippen molar-refractivity contribution in [1.29, 1.82) is 0 Å². The van der Waals surface area contributed by atoms with Crippen LogP contribution >= 0.6 is 0 Å². The van der Waals surface area contributed by atoms with Crippen molar-refractivity contribution in [2.75, 3.05) is 49.9 Å². The monoisotopic (exact) mass is 465 g/mol. The summed E-state index contributed by atoms with van der Waals surface area (Å²) >= 11 is 0. The van der Waals surface area contributed by atoms with Crippen LogP contribution in [0.2, 0.25) is 0 Å². The average molecular weight is 466 g/mol. The van der Waals surface area contributed by atoms with Gasteiger partial charge in [-0.3, -0.25) is 0 Å². The summed E-state index contributed by atoms with van der Waals surface area (Å²) < 4.78 is 0. The van der Waals surface area contributed by atoms with Crippen LogP contribution in [0.5, 0.6) is 0 Å². The van der Waals surface area contributed by atoms with E-state index in [0.29, 0.717) is 0 Å². The number of nitrogens with zero attached hydrogens (tertiary/aromatic N) is 3. The third kappa shape index (κ3) is 5.18. The van der Waals surface area contributed by atoms with E-state index in [1.54, 1.807) is 0 Å². The normalized spacial score (nSPS) is 11.3. The van der Waals surface area contributed by atoms with Gasteiger partial charge in [-0.2, -0.15) is 0 Å². The van der Waals surface area contributed by atoms with Gasteiger partial charge >= 0.3 is 0 Å². The summed E-state index contributed by atoms with van der Waals surface area (Å²) in [5.41, 5.74) is 5.80. The summed E-state index contributed by atoms with van der Waals surface area (Å²) in [4.78, 5) is 6.34. The lowest BCUT2D eigenvalue weighted by Crippen LogP contribution is -2.29. The minimum Gasteiger partial charge on any atom is -0.378 e. The Morgan fingerprint density at radius 1 is 0.514 bits per heavy atom. The molecule has 0 heterocycles. The molecular weight excluding hydrogens is 430 g/mol. The summed E-state index contributed by atoms with van der Waals surface area (Å²) in [6, 6.07) is 35.0. The van der Waals surface area contributed by atoms with Crippen LogP contribution in [-0.2, 0) is 12.1 Å². The van der Waals surface area contributed by atoms with Crippen molar-refractivity contribution in [3.63, 3.8) is 0 Å². The van der Waals surface area contributed by atoms with Crippen LogP contribution in [0.1, 0.15) is 22.3 Å². The molecule has 0 amide bonds. The third-order valence-electron chi connectivity index (χ3n) is 6.59. The van der Waals surface area contributed by atoms with E-state index in [-0.39, 0.29) is 0 Å². The zero-order chi connectivity index (χ0) is 25.0. The standard InChI is InChI=1S/C31H35N3O/c1-32(2)28-17-11-25(12-18-28)31(35,26-13-19-29(20-14-26)33(3)4)27-15-21-30(22-16-27)34(5)23-24-9-7-6-8-10-24/h6-22,35H,23H2,1-5H3. The molecule has 180 valence electrons. The maximum absolute atomic E-state index is 12.3. The molecule has 0 fully saturated rings. The molecule has 4 heteroatoms. The van der Waals surface area contributed by atoms with Crippen molar-refractivity contribution in [3.05, 3.63) is 125 Å². The minimum absolute atomic E-state index is 0.822. The second-order valence-corrected chi connectivity index (χ2v) is 9.48. The smallest absolute Gasteiger partial charge is 0.140 e. The van der Waals surface area contributed by atoms with Crippen molar-refractivity contribution in [1.82, 2.24) is 0 Å². The third-order valence-corrected chi connectivity index (χ3v) is 6.59. The van der Waals surface area contributed by atoms with Crippen LogP contribution in [0, 0.1) is 0 Å². The van der Waals surface area contributed by atoms with Crippen molar-refractivity contribution < 1.29 is 5.11 Å². The number of hydrogen-bond acceptors (Lipinski definition) is 4. The number of aliphatic hydroxyl groups is 1. The highest BCUT2D eigenvalue weighted by Crippen LogP contribution is 2.38. The fourth-order valence-corrected chi connectivity index (χ4v) is 4.41. The Balaban J connectivity index is 1.71. The molecule has 4 aromatic rings. The highest BCUT2D eigenvalue weighted by atomic mass is 16.3. The molecule has 0 saturated carbocycles. The van der Waals surface area contributed by atoms with E-state index in [1.165, 1.54) is 5.56 Å². The Morgan fingerprint density at radius 3 is 1.26 bits per heavy atom. The fraction of sp³-hybridized carbons (Fsp3) is 0.226. The Kier molecular flexibility index (Phi) is 7.13. The van der Waals surface area contributed by atoms with Gasteiger partial charge in [0.1, 0.15) is 5.60 Å². The van der Waals surface area contributed by atoms with E-state index in [0.717, 1.165) is 40.3 Å². The van der Waals surface area contributed by atoms with Crippen LogP contribution in [0.25, 0.3) is 0 Å². The lowest BCUT2D eigenvalue weighted by atomic mass is 9.80. The second-order valence-electron chi connectivity index (χ2n) is 9.48. The summed E-state index contributed by atoms with van der Waals surface area (Å²) in [6.07, 6.45) is 0. The quantitative estimate of drug-likeness (QED) is 0.336. The zero-order valence-corrected chi connectivity index (χ0v) is 21.3. The molecule has 4 aromatic carbocycles. The van der Waals surface area contributed by atoms with Gasteiger partial charge in [0.25, 0.3) is 0 Å². The van der Waals surface area contributed by atoms with Gasteiger partial charge in [0.05, 0.1) is 0 Å². The molecule has 0 saturated heterocycles. The van der Waals surface area contributed by atoms with Gasteiger partial charge in [-0.15, -0.1) is 0 Å². The summed E-state index contributed by atoms with van der Waals surface area (Å²) in [6.45, 7) is 0.822. The molecule has 0 unspecified atom stereocenters. The average Bonchev–Trinajstić information content (AvgIpc) is 2.89. The van der Waals surface area contributed by atoms with E-state index in [9.17, 15) is 5.11 Å². The zero-order valence-electron chi connectivity index (χ0n) is 21.3. The molecule has 0 aliphatic heterocycles. The van der Waals surface area contributed by atoms with E-state index in [2.05, 4.69) is 82.4 Å². The first-order valence-electron chi connectivity index (χ1n) is 11.9. The van der Waals surface area contributed by atoms with Crippen LogP contribution in [0.4, 0.5) is 17.1 Å². The van der Waals surface area contributed by atoms with Crippen LogP contribution in [0.3, 0.4) is 0 Å². The first-order chi connectivity index (χ1) is 16.8. The van der Waals surface area contributed by atoms with Crippen LogP contribution < -0.4 is 14.7 Å². The topological polar surface area (TPSA) is 30.0 Å². The Bertz CT molecular complexity index is 1160.